The van der Waals surface area contributed by atoms with E-state index in [2.05, 4.69) is 6.92 Å². The smallest absolute Gasteiger partial charge is 0.146 e. The Balaban J connectivity index is 2.15. The van der Waals surface area contributed by atoms with Crippen LogP contribution < -0.4 is 5.73 Å². The van der Waals surface area contributed by atoms with E-state index in [9.17, 15) is 4.79 Å². The number of carbonyl (C=O) groups excluding carboxylic acids is 1. The van der Waals surface area contributed by atoms with Gasteiger partial charge in [0.1, 0.15) is 5.78 Å². The van der Waals surface area contributed by atoms with Crippen LogP contribution in [0.4, 0.5) is 0 Å². The Morgan fingerprint density at radius 1 is 1.54 bits per heavy atom. The fourth-order valence-electron chi connectivity index (χ4n) is 1.86. The monoisotopic (exact) mass is 183 g/mol. The Morgan fingerprint density at radius 3 is 2.54 bits per heavy atom. The Morgan fingerprint density at radius 2 is 2.15 bits per heavy atom. The molecule has 2 N–H and O–H groups in total. The summed E-state index contributed by atoms with van der Waals surface area (Å²) in [6.07, 6.45) is 6.56. The van der Waals surface area contributed by atoms with Gasteiger partial charge in [-0.1, -0.05) is 32.6 Å². The maximum absolute atomic E-state index is 11.0. The van der Waals surface area contributed by atoms with Gasteiger partial charge in [-0.15, -0.1) is 0 Å². The molecule has 0 aromatic rings. The molecule has 1 fully saturated rings. The lowest BCUT2D eigenvalue weighted by Crippen LogP contribution is -2.35. The maximum Gasteiger partial charge on any atom is 0.146 e. The van der Waals surface area contributed by atoms with E-state index in [4.69, 9.17) is 5.73 Å². The van der Waals surface area contributed by atoms with Gasteiger partial charge in [-0.25, -0.2) is 0 Å². The first-order valence-electron chi connectivity index (χ1n) is 5.37. The first-order valence-corrected chi connectivity index (χ1v) is 5.37. The third-order valence-corrected chi connectivity index (χ3v) is 3.34. The number of Topliss-reactive ketones (excluding diaryl/α,β-unsaturated/α-hetero) is 1. The number of nitrogens with two attached hydrogens (primary N) is 1. The molecule has 1 rings (SSSR count). The highest BCUT2D eigenvalue weighted by Crippen LogP contribution is 2.31. The average Bonchev–Trinajstić information content (AvgIpc) is 1.99. The minimum atomic E-state index is -0.236. The van der Waals surface area contributed by atoms with Crippen molar-refractivity contribution in [3.05, 3.63) is 0 Å². The molecule has 0 aromatic carbocycles. The minimum absolute atomic E-state index is 0.126. The molecular weight excluding hydrogens is 162 g/mol. The molecule has 0 unspecified atom stereocenters. The van der Waals surface area contributed by atoms with Crippen molar-refractivity contribution in [1.82, 2.24) is 0 Å². The van der Waals surface area contributed by atoms with Crippen LogP contribution >= 0.6 is 0 Å². The van der Waals surface area contributed by atoms with Crippen LogP contribution in [0.5, 0.6) is 0 Å². The lowest BCUT2D eigenvalue weighted by Gasteiger charge is -2.27. The summed E-state index contributed by atoms with van der Waals surface area (Å²) >= 11 is 0. The van der Waals surface area contributed by atoms with Gasteiger partial charge in [-0.2, -0.15) is 0 Å². The first kappa shape index (κ1) is 10.7. The van der Waals surface area contributed by atoms with Crippen LogP contribution in [0.1, 0.15) is 46.0 Å². The molecule has 13 heavy (non-hydrogen) atoms. The molecule has 76 valence electrons. The second-order valence-electron chi connectivity index (χ2n) is 4.49. The number of ketones is 1. The van der Waals surface area contributed by atoms with Gasteiger partial charge >= 0.3 is 0 Å². The molecule has 1 aliphatic carbocycles. The van der Waals surface area contributed by atoms with Crippen molar-refractivity contribution in [3.63, 3.8) is 0 Å². The van der Waals surface area contributed by atoms with Crippen LogP contribution in [0, 0.1) is 11.8 Å². The van der Waals surface area contributed by atoms with E-state index in [1.54, 1.807) is 6.92 Å². The summed E-state index contributed by atoms with van der Waals surface area (Å²) in [4.78, 5) is 11.0. The molecule has 0 heterocycles. The molecule has 0 saturated heterocycles. The summed E-state index contributed by atoms with van der Waals surface area (Å²) in [7, 11) is 0. The molecule has 0 bridgehead atoms. The standard InChI is InChI=1S/C11H21NO/c1-8(11(12)9(2)13)6-7-10-4-3-5-10/h8,10-11H,3-7,12H2,1-2H3/t8-,11+/m0/s1. The molecule has 0 amide bonds. The van der Waals surface area contributed by atoms with Gasteiger partial charge in [0.25, 0.3) is 0 Å². The van der Waals surface area contributed by atoms with Crippen LogP contribution in [-0.2, 0) is 4.79 Å². The molecule has 2 atom stereocenters. The highest BCUT2D eigenvalue weighted by molar-refractivity contribution is 5.81. The summed E-state index contributed by atoms with van der Waals surface area (Å²) in [5.41, 5.74) is 5.76. The summed E-state index contributed by atoms with van der Waals surface area (Å²) in [6.45, 7) is 3.68. The molecule has 0 radical (unpaired) electrons. The molecule has 0 aliphatic heterocycles. The predicted octanol–water partition coefficient (Wildman–Crippen LogP) is 2.12. The normalized spacial score (nSPS) is 22.1. The molecule has 1 saturated carbocycles. The second kappa shape index (κ2) is 4.75. The van der Waals surface area contributed by atoms with Gasteiger partial charge in [0.2, 0.25) is 0 Å². The summed E-state index contributed by atoms with van der Waals surface area (Å²) in [6, 6.07) is -0.236. The maximum atomic E-state index is 11.0. The SMILES string of the molecule is CC(=O)[C@H](N)[C@@H](C)CCC1CCC1. The van der Waals surface area contributed by atoms with Gasteiger partial charge in [0, 0.05) is 0 Å². The van der Waals surface area contributed by atoms with Crippen molar-refractivity contribution in [1.29, 1.82) is 0 Å². The second-order valence-corrected chi connectivity index (χ2v) is 4.49. The van der Waals surface area contributed by atoms with Crippen molar-refractivity contribution < 1.29 is 4.79 Å². The van der Waals surface area contributed by atoms with Gasteiger partial charge in [0.05, 0.1) is 6.04 Å². The van der Waals surface area contributed by atoms with Gasteiger partial charge in [-0.05, 0) is 25.2 Å². The van der Waals surface area contributed by atoms with Crippen molar-refractivity contribution in [2.24, 2.45) is 17.6 Å². The minimum Gasteiger partial charge on any atom is -0.321 e. The first-order chi connectivity index (χ1) is 6.11. The van der Waals surface area contributed by atoms with Crippen molar-refractivity contribution in [3.8, 4) is 0 Å². The fraction of sp³-hybridized carbons (Fsp3) is 0.909. The van der Waals surface area contributed by atoms with Crippen molar-refractivity contribution in [2.75, 3.05) is 0 Å². The van der Waals surface area contributed by atoms with Gasteiger partial charge in [-0.3, -0.25) is 4.79 Å². The van der Waals surface area contributed by atoms with E-state index in [1.165, 1.54) is 25.7 Å². The fourth-order valence-corrected chi connectivity index (χ4v) is 1.86. The molecule has 1 aliphatic rings. The zero-order valence-electron chi connectivity index (χ0n) is 8.75. The Kier molecular flexibility index (Phi) is 3.91. The molecule has 2 nitrogen and oxygen atoms in total. The summed E-state index contributed by atoms with van der Waals surface area (Å²) in [5.74, 6) is 1.42. The van der Waals surface area contributed by atoms with E-state index in [0.29, 0.717) is 5.92 Å². The van der Waals surface area contributed by atoms with Crippen LogP contribution in [-0.4, -0.2) is 11.8 Å². The zero-order chi connectivity index (χ0) is 9.84. The number of hydrogen-bond acceptors (Lipinski definition) is 2. The largest absolute Gasteiger partial charge is 0.321 e. The number of carbonyl (C=O) groups is 1. The summed E-state index contributed by atoms with van der Waals surface area (Å²) < 4.78 is 0. The van der Waals surface area contributed by atoms with E-state index >= 15 is 0 Å². The van der Waals surface area contributed by atoms with Crippen molar-refractivity contribution >= 4 is 5.78 Å². The Labute approximate surface area is 80.9 Å². The van der Waals surface area contributed by atoms with E-state index in [1.807, 2.05) is 0 Å². The number of hydrogen-bond donors (Lipinski definition) is 1. The van der Waals surface area contributed by atoms with Crippen LogP contribution in [0.15, 0.2) is 0 Å². The quantitative estimate of drug-likeness (QED) is 0.709. The topological polar surface area (TPSA) is 43.1 Å². The molecule has 2 heteroatoms. The van der Waals surface area contributed by atoms with Crippen molar-refractivity contribution in [2.45, 2.75) is 52.0 Å². The lowest BCUT2D eigenvalue weighted by atomic mass is 9.79. The summed E-state index contributed by atoms with van der Waals surface area (Å²) in [5, 5.41) is 0. The zero-order valence-corrected chi connectivity index (χ0v) is 8.75. The van der Waals surface area contributed by atoms with Gasteiger partial charge in [0.15, 0.2) is 0 Å². The van der Waals surface area contributed by atoms with E-state index in [0.717, 1.165) is 12.3 Å². The molecule has 0 aromatic heterocycles. The van der Waals surface area contributed by atoms with Crippen LogP contribution in [0.3, 0.4) is 0 Å². The van der Waals surface area contributed by atoms with Crippen LogP contribution in [0.2, 0.25) is 0 Å². The van der Waals surface area contributed by atoms with Crippen LogP contribution in [0.25, 0.3) is 0 Å². The lowest BCUT2D eigenvalue weighted by molar-refractivity contribution is -0.119. The number of rotatable bonds is 5. The molecular formula is C11H21NO. The third kappa shape index (κ3) is 3.11. The Hall–Kier alpha value is -0.370. The van der Waals surface area contributed by atoms with E-state index in [-0.39, 0.29) is 11.8 Å². The average molecular weight is 183 g/mol. The highest BCUT2D eigenvalue weighted by Gasteiger charge is 2.21. The highest BCUT2D eigenvalue weighted by atomic mass is 16.1. The predicted molar refractivity (Wildman–Crippen MR) is 54.4 cm³/mol. The van der Waals surface area contributed by atoms with E-state index < -0.39 is 0 Å². The molecule has 0 spiro atoms. The Bertz CT molecular complexity index is 175. The van der Waals surface area contributed by atoms with Gasteiger partial charge < -0.3 is 5.73 Å². The third-order valence-electron chi connectivity index (χ3n) is 3.34.